The highest BCUT2D eigenvalue weighted by Crippen LogP contribution is 2.24. The second kappa shape index (κ2) is 5.66. The Morgan fingerprint density at radius 2 is 1.79 bits per heavy atom. The highest BCUT2D eigenvalue weighted by Gasteiger charge is 2.40. The lowest BCUT2D eigenvalue weighted by Gasteiger charge is -2.27. The standard InChI is InChI=1S/C12H12N2O3S2/c1-19-7-6-13(12(17)18)14-10(15)8-4-2-3-5-9(8)11(14)16/h2-5H,6-7H2,1H3,(H,17,18). The third-order valence-corrected chi connectivity index (χ3v) is 3.56. The third-order valence-electron chi connectivity index (χ3n) is 2.74. The molecule has 0 atom stereocenters. The van der Waals surface area contributed by atoms with Crippen molar-refractivity contribution in [3.05, 3.63) is 35.4 Å². The van der Waals surface area contributed by atoms with Gasteiger partial charge in [-0.25, -0.2) is 5.01 Å². The molecule has 1 aliphatic rings. The van der Waals surface area contributed by atoms with Crippen LogP contribution < -0.4 is 0 Å². The second-order valence-electron chi connectivity index (χ2n) is 3.87. The van der Waals surface area contributed by atoms with Crippen molar-refractivity contribution in [1.29, 1.82) is 0 Å². The molecule has 0 radical (unpaired) electrons. The first-order chi connectivity index (χ1) is 9.07. The van der Waals surface area contributed by atoms with E-state index in [1.54, 1.807) is 24.3 Å². The molecule has 1 aromatic carbocycles. The zero-order chi connectivity index (χ0) is 14.0. The maximum Gasteiger partial charge on any atom is 0.297 e. The molecule has 1 heterocycles. The lowest BCUT2D eigenvalue weighted by molar-refractivity contribution is 0.0249. The lowest BCUT2D eigenvalue weighted by atomic mass is 10.1. The number of thioether (sulfide) groups is 1. The molecule has 2 rings (SSSR count). The molecule has 19 heavy (non-hydrogen) atoms. The first kappa shape index (κ1) is 14.0. The van der Waals surface area contributed by atoms with Crippen LogP contribution in [0.25, 0.3) is 0 Å². The van der Waals surface area contributed by atoms with E-state index in [4.69, 9.17) is 0 Å². The van der Waals surface area contributed by atoms with E-state index in [2.05, 4.69) is 12.6 Å². The van der Waals surface area contributed by atoms with Crippen LogP contribution >= 0.6 is 24.4 Å². The number of hydrogen-bond donors (Lipinski definition) is 1. The van der Waals surface area contributed by atoms with E-state index < -0.39 is 17.1 Å². The third kappa shape index (κ3) is 2.48. The van der Waals surface area contributed by atoms with Crippen molar-refractivity contribution in [1.82, 2.24) is 10.0 Å². The fourth-order valence-electron chi connectivity index (χ4n) is 1.85. The Morgan fingerprint density at radius 1 is 1.26 bits per heavy atom. The van der Waals surface area contributed by atoms with Gasteiger partial charge < -0.3 is 0 Å². The fourth-order valence-corrected chi connectivity index (χ4v) is 2.40. The summed E-state index contributed by atoms with van der Waals surface area (Å²) in [6.07, 6.45) is 1.88. The monoisotopic (exact) mass is 296 g/mol. The SMILES string of the molecule is CSCCN(C(=O)S)N1C(=O)c2ccccc2C1=O. The number of hydrogen-bond acceptors (Lipinski definition) is 4. The molecule has 0 saturated heterocycles. The number of amides is 3. The van der Waals surface area contributed by atoms with Gasteiger partial charge in [0.2, 0.25) is 0 Å². The van der Waals surface area contributed by atoms with Gasteiger partial charge in [-0.2, -0.15) is 16.8 Å². The Bertz CT molecular complexity index is 513. The van der Waals surface area contributed by atoms with Gasteiger partial charge in [0.05, 0.1) is 17.7 Å². The summed E-state index contributed by atoms with van der Waals surface area (Å²) in [5, 5.41) is 1.32. The Hall–Kier alpha value is -1.47. The van der Waals surface area contributed by atoms with Crippen molar-refractivity contribution in [3.63, 3.8) is 0 Å². The summed E-state index contributed by atoms with van der Waals surface area (Å²) in [7, 11) is 0. The number of thiol groups is 1. The first-order valence-corrected chi connectivity index (χ1v) is 7.39. The average molecular weight is 296 g/mol. The molecule has 1 aliphatic heterocycles. The average Bonchev–Trinajstić information content (AvgIpc) is 2.64. The van der Waals surface area contributed by atoms with E-state index in [1.165, 1.54) is 11.8 Å². The van der Waals surface area contributed by atoms with Crippen LogP contribution in [0, 0.1) is 0 Å². The van der Waals surface area contributed by atoms with Gasteiger partial charge in [0, 0.05) is 5.75 Å². The van der Waals surface area contributed by atoms with Crippen LogP contribution in [0.1, 0.15) is 20.7 Å². The van der Waals surface area contributed by atoms with E-state index in [0.717, 1.165) is 10.0 Å². The zero-order valence-corrected chi connectivity index (χ0v) is 11.9. The molecule has 0 saturated carbocycles. The molecular formula is C12H12N2O3S2. The van der Waals surface area contributed by atoms with Crippen molar-refractivity contribution < 1.29 is 14.4 Å². The lowest BCUT2D eigenvalue weighted by Crippen LogP contribution is -2.48. The van der Waals surface area contributed by atoms with Gasteiger partial charge in [-0.15, -0.1) is 0 Å². The molecule has 0 aromatic heterocycles. The van der Waals surface area contributed by atoms with E-state index in [9.17, 15) is 14.4 Å². The number of fused-ring (bicyclic) bond motifs is 1. The van der Waals surface area contributed by atoms with Crippen LogP contribution in [0.4, 0.5) is 4.79 Å². The number of benzene rings is 1. The summed E-state index contributed by atoms with van der Waals surface area (Å²) < 4.78 is 0. The molecule has 0 fully saturated rings. The molecule has 0 aliphatic carbocycles. The van der Waals surface area contributed by atoms with Crippen molar-refractivity contribution in [2.24, 2.45) is 0 Å². The van der Waals surface area contributed by atoms with Crippen LogP contribution in [0.5, 0.6) is 0 Å². The summed E-state index contributed by atoms with van der Waals surface area (Å²) >= 11 is 5.25. The smallest absolute Gasteiger partial charge is 0.267 e. The Kier molecular flexibility index (Phi) is 4.16. The number of carbonyl (C=O) groups excluding carboxylic acids is 3. The molecular weight excluding hydrogens is 284 g/mol. The van der Waals surface area contributed by atoms with Gasteiger partial charge in [0.25, 0.3) is 17.1 Å². The highest BCUT2D eigenvalue weighted by atomic mass is 32.2. The van der Waals surface area contributed by atoms with E-state index >= 15 is 0 Å². The minimum atomic E-state index is -0.622. The van der Waals surface area contributed by atoms with Crippen molar-refractivity contribution >= 4 is 41.4 Å². The van der Waals surface area contributed by atoms with Crippen LogP contribution in [-0.2, 0) is 0 Å². The van der Waals surface area contributed by atoms with Crippen LogP contribution in [0.2, 0.25) is 0 Å². The van der Waals surface area contributed by atoms with Crippen LogP contribution in [0.3, 0.4) is 0 Å². The van der Waals surface area contributed by atoms with Gasteiger partial charge in [-0.3, -0.25) is 14.4 Å². The maximum atomic E-state index is 12.2. The predicted molar refractivity (Wildman–Crippen MR) is 76.4 cm³/mol. The van der Waals surface area contributed by atoms with Crippen molar-refractivity contribution in [2.75, 3.05) is 18.6 Å². The summed E-state index contributed by atoms with van der Waals surface area (Å²) in [4.78, 5) is 35.9. The van der Waals surface area contributed by atoms with Gasteiger partial charge in [-0.05, 0) is 18.4 Å². The normalized spacial score (nSPS) is 13.7. The van der Waals surface area contributed by atoms with Gasteiger partial charge in [0.1, 0.15) is 0 Å². The number of carbonyl (C=O) groups is 3. The molecule has 0 bridgehead atoms. The molecule has 100 valence electrons. The van der Waals surface area contributed by atoms with Crippen molar-refractivity contribution in [2.45, 2.75) is 0 Å². The summed E-state index contributed by atoms with van der Waals surface area (Å²) in [5.41, 5.74) is 0.632. The molecule has 0 spiro atoms. The summed E-state index contributed by atoms with van der Waals surface area (Å²) in [5.74, 6) is -0.354. The minimum Gasteiger partial charge on any atom is -0.267 e. The van der Waals surface area contributed by atoms with Gasteiger partial charge in [0.15, 0.2) is 0 Å². The number of hydrazine groups is 1. The fraction of sp³-hybridized carbons (Fsp3) is 0.250. The zero-order valence-electron chi connectivity index (χ0n) is 10.2. The van der Waals surface area contributed by atoms with Gasteiger partial charge in [-0.1, -0.05) is 24.8 Å². The highest BCUT2D eigenvalue weighted by molar-refractivity contribution is 7.98. The Morgan fingerprint density at radius 3 is 2.21 bits per heavy atom. The molecule has 0 unspecified atom stereocenters. The molecule has 7 heteroatoms. The quantitative estimate of drug-likeness (QED) is 0.681. The first-order valence-electron chi connectivity index (χ1n) is 5.55. The minimum absolute atomic E-state index is 0.259. The van der Waals surface area contributed by atoms with Crippen LogP contribution in [-0.4, -0.2) is 45.6 Å². The Balaban J connectivity index is 2.33. The summed E-state index contributed by atoms with van der Waals surface area (Å²) in [6.45, 7) is 0.259. The molecule has 1 aromatic rings. The van der Waals surface area contributed by atoms with Crippen LogP contribution in [0.15, 0.2) is 24.3 Å². The topological polar surface area (TPSA) is 57.7 Å². The van der Waals surface area contributed by atoms with E-state index in [-0.39, 0.29) is 6.54 Å². The maximum absolute atomic E-state index is 12.2. The molecule has 0 N–H and O–H groups in total. The molecule has 5 nitrogen and oxygen atoms in total. The number of nitrogens with zero attached hydrogens (tertiary/aromatic N) is 2. The van der Waals surface area contributed by atoms with Gasteiger partial charge >= 0.3 is 0 Å². The largest absolute Gasteiger partial charge is 0.297 e. The van der Waals surface area contributed by atoms with Crippen molar-refractivity contribution in [3.8, 4) is 0 Å². The predicted octanol–water partition coefficient (Wildman–Crippen LogP) is 1.91. The van der Waals surface area contributed by atoms with E-state index in [0.29, 0.717) is 16.9 Å². The number of rotatable bonds is 4. The number of imide groups is 1. The second-order valence-corrected chi connectivity index (χ2v) is 5.23. The Labute approximate surface area is 120 Å². The summed E-state index contributed by atoms with van der Waals surface area (Å²) in [6, 6.07) is 6.52. The van der Waals surface area contributed by atoms with E-state index in [1.807, 2.05) is 6.26 Å². The molecule has 3 amide bonds.